The lowest BCUT2D eigenvalue weighted by molar-refractivity contribution is -0.152. The second-order valence-electron chi connectivity index (χ2n) is 10.6. The largest absolute Gasteiger partial charge is 0.344 e. The third kappa shape index (κ3) is 8.20. The normalized spacial score (nSPS) is 17.5. The van der Waals surface area contributed by atoms with Crippen molar-refractivity contribution in [2.45, 2.75) is 89.3 Å². The van der Waals surface area contributed by atoms with E-state index in [4.69, 9.17) is 11.6 Å². The van der Waals surface area contributed by atoms with Crippen LogP contribution in [0.4, 0.5) is 0 Å². The van der Waals surface area contributed by atoms with Crippen molar-refractivity contribution in [1.29, 1.82) is 0 Å². The molecule has 2 fully saturated rings. The number of carbonyl (C=O) groups excluding carboxylic acids is 3. The number of hydrogen-bond acceptors (Lipinski definition) is 4. The molecule has 36 heavy (non-hydrogen) atoms. The molecule has 7 nitrogen and oxygen atoms in total. The molecule has 1 aromatic rings. The zero-order valence-corrected chi connectivity index (χ0v) is 22.9. The number of benzene rings is 1. The SMILES string of the molecule is CCCCC(=O)N(C1CCCCC1)C1CN(C(=O)[C@@H](Cc2ccc(Cl)cc2)NC(=O)CCN(C)C)C1. The van der Waals surface area contributed by atoms with E-state index in [1.807, 2.05) is 31.1 Å². The summed E-state index contributed by atoms with van der Waals surface area (Å²) >= 11 is 6.03. The molecule has 0 aromatic heterocycles. The van der Waals surface area contributed by atoms with E-state index in [2.05, 4.69) is 17.1 Å². The van der Waals surface area contributed by atoms with Crippen molar-refractivity contribution in [1.82, 2.24) is 20.0 Å². The second-order valence-corrected chi connectivity index (χ2v) is 11.0. The number of amides is 3. The molecule has 1 saturated carbocycles. The number of unbranched alkanes of at least 4 members (excludes halogenated alkanes) is 1. The molecule has 3 rings (SSSR count). The molecule has 1 aromatic carbocycles. The predicted octanol–water partition coefficient (Wildman–Crippen LogP) is 3.88. The van der Waals surface area contributed by atoms with E-state index in [1.54, 1.807) is 17.0 Å². The van der Waals surface area contributed by atoms with Crippen molar-refractivity contribution in [2.24, 2.45) is 0 Å². The monoisotopic (exact) mass is 518 g/mol. The van der Waals surface area contributed by atoms with Gasteiger partial charge in [0.2, 0.25) is 17.7 Å². The Hall–Kier alpha value is -2.12. The van der Waals surface area contributed by atoms with Crippen LogP contribution in [0.5, 0.6) is 0 Å². The van der Waals surface area contributed by atoms with Crippen molar-refractivity contribution >= 4 is 29.3 Å². The van der Waals surface area contributed by atoms with Crippen LogP contribution in [0.25, 0.3) is 0 Å². The quantitative estimate of drug-likeness (QED) is 0.455. The molecule has 1 atom stereocenters. The minimum atomic E-state index is -0.638. The van der Waals surface area contributed by atoms with Gasteiger partial charge in [0, 0.05) is 50.0 Å². The fraction of sp³-hybridized carbons (Fsp3) is 0.679. The zero-order valence-electron chi connectivity index (χ0n) is 22.2. The summed E-state index contributed by atoms with van der Waals surface area (Å²) in [5, 5.41) is 3.61. The number of hydrogen-bond donors (Lipinski definition) is 1. The van der Waals surface area contributed by atoms with Crippen LogP contribution in [-0.4, -0.2) is 84.3 Å². The number of halogens is 1. The van der Waals surface area contributed by atoms with Crippen molar-refractivity contribution in [3.8, 4) is 0 Å². The molecular weight excluding hydrogens is 476 g/mol. The first-order valence-corrected chi connectivity index (χ1v) is 13.9. The maximum atomic E-state index is 13.5. The molecule has 8 heteroatoms. The molecule has 0 radical (unpaired) electrons. The number of carbonyl (C=O) groups is 3. The Morgan fingerprint density at radius 2 is 1.69 bits per heavy atom. The van der Waals surface area contributed by atoms with Crippen LogP contribution in [0.15, 0.2) is 24.3 Å². The molecule has 0 unspecified atom stereocenters. The van der Waals surface area contributed by atoms with E-state index in [9.17, 15) is 14.4 Å². The maximum absolute atomic E-state index is 13.5. The highest BCUT2D eigenvalue weighted by molar-refractivity contribution is 6.30. The van der Waals surface area contributed by atoms with E-state index >= 15 is 0 Å². The Bertz CT molecular complexity index is 864. The summed E-state index contributed by atoms with van der Waals surface area (Å²) in [6.07, 6.45) is 8.92. The minimum Gasteiger partial charge on any atom is -0.344 e. The first kappa shape index (κ1) is 28.5. The van der Waals surface area contributed by atoms with Crippen LogP contribution in [0.2, 0.25) is 5.02 Å². The molecule has 2 aliphatic rings. The predicted molar refractivity (Wildman–Crippen MR) is 144 cm³/mol. The van der Waals surface area contributed by atoms with E-state index in [0.717, 1.165) is 31.2 Å². The summed E-state index contributed by atoms with van der Waals surface area (Å²) < 4.78 is 0. The summed E-state index contributed by atoms with van der Waals surface area (Å²) in [5.41, 5.74) is 0.946. The maximum Gasteiger partial charge on any atom is 0.245 e. The van der Waals surface area contributed by atoms with E-state index in [0.29, 0.717) is 50.0 Å². The average Bonchev–Trinajstić information content (AvgIpc) is 2.84. The van der Waals surface area contributed by atoms with Gasteiger partial charge in [0.1, 0.15) is 6.04 Å². The Balaban J connectivity index is 1.66. The average molecular weight is 519 g/mol. The van der Waals surface area contributed by atoms with Gasteiger partial charge in [0.15, 0.2) is 0 Å². The highest BCUT2D eigenvalue weighted by Crippen LogP contribution is 2.29. The van der Waals surface area contributed by atoms with Gasteiger partial charge in [0.25, 0.3) is 0 Å². The van der Waals surface area contributed by atoms with E-state index in [1.165, 1.54) is 19.3 Å². The lowest BCUT2D eigenvalue weighted by Crippen LogP contribution is -2.67. The van der Waals surface area contributed by atoms with Crippen molar-refractivity contribution in [2.75, 3.05) is 33.7 Å². The molecular formula is C28H43ClN4O3. The Labute approximate surface area is 221 Å². The van der Waals surface area contributed by atoms with Gasteiger partial charge in [-0.1, -0.05) is 56.3 Å². The summed E-state index contributed by atoms with van der Waals surface area (Å²) in [7, 11) is 3.84. The standard InChI is InChI=1S/C28H43ClN4O3/c1-4-5-11-27(35)33(23-9-7-6-8-10-23)24-19-32(20-24)28(36)25(30-26(34)16-17-31(2)3)18-21-12-14-22(29)15-13-21/h12-15,23-25H,4-11,16-20H2,1-3H3,(H,30,34)/t25-/m1/s1. The van der Waals surface area contributed by atoms with E-state index in [-0.39, 0.29) is 23.8 Å². The van der Waals surface area contributed by atoms with Crippen LogP contribution < -0.4 is 5.32 Å². The fourth-order valence-electron chi connectivity index (χ4n) is 5.20. The Kier molecular flexibility index (Phi) is 11.1. The summed E-state index contributed by atoms with van der Waals surface area (Å²) in [5.74, 6) is 0.0196. The number of nitrogens with one attached hydrogen (secondary N) is 1. The Morgan fingerprint density at radius 1 is 1.03 bits per heavy atom. The van der Waals surface area contributed by atoms with Gasteiger partial charge in [-0.25, -0.2) is 0 Å². The number of rotatable bonds is 12. The minimum absolute atomic E-state index is 0.0713. The molecule has 200 valence electrons. The van der Waals surface area contributed by atoms with Crippen molar-refractivity contribution < 1.29 is 14.4 Å². The highest BCUT2D eigenvalue weighted by Gasteiger charge is 2.42. The second kappa shape index (κ2) is 14.0. The van der Waals surface area contributed by atoms with Gasteiger partial charge in [-0.2, -0.15) is 0 Å². The number of likely N-dealkylation sites (tertiary alicyclic amines) is 1. The topological polar surface area (TPSA) is 73.0 Å². The fourth-order valence-corrected chi connectivity index (χ4v) is 5.33. The van der Waals surface area contributed by atoms with Gasteiger partial charge in [-0.3, -0.25) is 14.4 Å². The van der Waals surface area contributed by atoms with Crippen LogP contribution in [0.1, 0.15) is 70.3 Å². The third-order valence-electron chi connectivity index (χ3n) is 7.34. The molecule has 1 heterocycles. The molecule has 1 saturated heterocycles. The molecule has 0 spiro atoms. The van der Waals surface area contributed by atoms with Gasteiger partial charge in [-0.05, 0) is 51.1 Å². The van der Waals surface area contributed by atoms with Gasteiger partial charge in [-0.15, -0.1) is 0 Å². The van der Waals surface area contributed by atoms with E-state index < -0.39 is 6.04 Å². The highest BCUT2D eigenvalue weighted by atomic mass is 35.5. The van der Waals surface area contributed by atoms with Gasteiger partial charge < -0.3 is 20.0 Å². The molecule has 1 N–H and O–H groups in total. The summed E-state index contributed by atoms with van der Waals surface area (Å²) in [6.45, 7) is 3.81. The van der Waals surface area contributed by atoms with Crippen LogP contribution in [0.3, 0.4) is 0 Å². The smallest absolute Gasteiger partial charge is 0.245 e. The van der Waals surface area contributed by atoms with Crippen molar-refractivity contribution in [3.05, 3.63) is 34.9 Å². The van der Waals surface area contributed by atoms with Crippen LogP contribution in [-0.2, 0) is 20.8 Å². The first-order valence-electron chi connectivity index (χ1n) is 13.6. The molecule has 0 bridgehead atoms. The first-order chi connectivity index (χ1) is 17.3. The van der Waals surface area contributed by atoms with Crippen LogP contribution in [0, 0.1) is 0 Å². The molecule has 1 aliphatic heterocycles. The lowest BCUT2D eigenvalue weighted by Gasteiger charge is -2.50. The van der Waals surface area contributed by atoms with Gasteiger partial charge >= 0.3 is 0 Å². The van der Waals surface area contributed by atoms with Crippen molar-refractivity contribution in [3.63, 3.8) is 0 Å². The molecule has 1 aliphatic carbocycles. The lowest BCUT2D eigenvalue weighted by atomic mass is 9.91. The summed E-state index contributed by atoms with van der Waals surface area (Å²) in [4.78, 5) is 45.2. The molecule has 3 amide bonds. The zero-order chi connectivity index (χ0) is 26.1. The summed E-state index contributed by atoms with van der Waals surface area (Å²) in [6, 6.07) is 7.12. The van der Waals surface area contributed by atoms with Crippen LogP contribution >= 0.6 is 11.6 Å². The Morgan fingerprint density at radius 3 is 2.31 bits per heavy atom. The third-order valence-corrected chi connectivity index (χ3v) is 7.59. The number of nitrogens with zero attached hydrogens (tertiary/aromatic N) is 3. The van der Waals surface area contributed by atoms with Gasteiger partial charge in [0.05, 0.1) is 6.04 Å².